The topological polar surface area (TPSA) is 25.2 Å². The summed E-state index contributed by atoms with van der Waals surface area (Å²) in [5.74, 6) is 2.57. The van der Waals surface area contributed by atoms with Crippen LogP contribution in [-0.2, 0) is 0 Å². The Labute approximate surface area is 115 Å². The van der Waals surface area contributed by atoms with Crippen LogP contribution < -0.4 is 5.32 Å². The smallest absolute Gasteiger partial charge is 0.134 e. The van der Waals surface area contributed by atoms with Gasteiger partial charge in [0, 0.05) is 11.3 Å². The van der Waals surface area contributed by atoms with Gasteiger partial charge in [-0.3, -0.25) is 0 Å². The summed E-state index contributed by atoms with van der Waals surface area (Å²) in [6, 6.07) is 8.68. The van der Waals surface area contributed by atoms with E-state index in [0.29, 0.717) is 5.92 Å². The van der Waals surface area contributed by atoms with Crippen LogP contribution in [0.3, 0.4) is 0 Å². The third-order valence-corrected chi connectivity index (χ3v) is 4.31. The molecule has 2 nitrogen and oxygen atoms in total. The van der Waals surface area contributed by atoms with Crippen LogP contribution in [0, 0.1) is 12.8 Å². The zero-order valence-corrected chi connectivity index (χ0v) is 11.9. The van der Waals surface area contributed by atoms with Crippen molar-refractivity contribution in [2.75, 3.05) is 13.1 Å². The summed E-state index contributed by atoms with van der Waals surface area (Å²) in [4.78, 5) is 0. The molecule has 1 N–H and O–H groups in total. The predicted octanol–water partition coefficient (Wildman–Crippen LogP) is 4.23. The third-order valence-electron chi connectivity index (χ3n) is 4.31. The molecule has 2 heteroatoms. The van der Waals surface area contributed by atoms with Gasteiger partial charge in [0.15, 0.2) is 0 Å². The zero-order valence-electron chi connectivity index (χ0n) is 11.9. The highest BCUT2D eigenvalue weighted by Gasteiger charge is 2.34. The maximum Gasteiger partial charge on any atom is 0.134 e. The lowest BCUT2D eigenvalue weighted by atomic mass is 9.72. The van der Waals surface area contributed by atoms with Gasteiger partial charge in [-0.2, -0.15) is 0 Å². The molecular weight excluding hydrogens is 234 g/mol. The minimum atomic E-state index is 0.622. The number of benzene rings is 1. The van der Waals surface area contributed by atoms with Gasteiger partial charge in [0.05, 0.1) is 0 Å². The molecule has 2 unspecified atom stereocenters. The average Bonchev–Trinajstić information content (AvgIpc) is 2.75. The van der Waals surface area contributed by atoms with E-state index in [2.05, 4.69) is 43.4 Å². The Bertz CT molecular complexity index is 557. The Kier molecular flexibility index (Phi) is 3.61. The molecule has 0 amide bonds. The largest absolute Gasteiger partial charge is 0.461 e. The van der Waals surface area contributed by atoms with Gasteiger partial charge in [-0.05, 0) is 63.4 Å². The van der Waals surface area contributed by atoms with Crippen molar-refractivity contribution in [3.63, 3.8) is 0 Å². The average molecular weight is 257 g/mol. The van der Waals surface area contributed by atoms with Crippen molar-refractivity contribution in [2.24, 2.45) is 5.92 Å². The summed E-state index contributed by atoms with van der Waals surface area (Å²) >= 11 is 0. The second-order valence-electron chi connectivity index (χ2n) is 5.84. The van der Waals surface area contributed by atoms with E-state index in [1.54, 1.807) is 0 Å². The summed E-state index contributed by atoms with van der Waals surface area (Å²) in [6.07, 6.45) is 3.82. The van der Waals surface area contributed by atoms with E-state index in [1.807, 2.05) is 0 Å². The molecule has 1 aromatic heterocycles. The Morgan fingerprint density at radius 1 is 1.26 bits per heavy atom. The summed E-state index contributed by atoms with van der Waals surface area (Å²) in [7, 11) is 0. The normalized spacial score (nSPS) is 22.6. The quantitative estimate of drug-likeness (QED) is 0.811. The fourth-order valence-electron chi connectivity index (χ4n) is 3.02. The summed E-state index contributed by atoms with van der Waals surface area (Å²) < 4.78 is 6.04. The van der Waals surface area contributed by atoms with Crippen LogP contribution in [-0.4, -0.2) is 13.1 Å². The van der Waals surface area contributed by atoms with E-state index in [4.69, 9.17) is 4.42 Å². The van der Waals surface area contributed by atoms with Gasteiger partial charge in [0.1, 0.15) is 11.3 Å². The van der Waals surface area contributed by atoms with Crippen molar-refractivity contribution in [1.82, 2.24) is 5.32 Å². The molecule has 1 saturated carbocycles. The van der Waals surface area contributed by atoms with Crippen molar-refractivity contribution in [1.29, 1.82) is 0 Å². The molecule has 0 spiro atoms. The highest BCUT2D eigenvalue weighted by molar-refractivity contribution is 5.78. The fraction of sp³-hybridized carbons (Fsp3) is 0.529. The van der Waals surface area contributed by atoms with Crippen molar-refractivity contribution in [2.45, 2.75) is 39.0 Å². The van der Waals surface area contributed by atoms with Crippen LogP contribution in [0.15, 0.2) is 28.7 Å². The highest BCUT2D eigenvalue weighted by atomic mass is 16.3. The van der Waals surface area contributed by atoms with Crippen LogP contribution >= 0.6 is 0 Å². The number of hydrogen-bond acceptors (Lipinski definition) is 2. The van der Waals surface area contributed by atoms with E-state index in [0.717, 1.165) is 24.6 Å². The fourth-order valence-corrected chi connectivity index (χ4v) is 3.02. The molecule has 1 heterocycles. The van der Waals surface area contributed by atoms with E-state index in [-0.39, 0.29) is 0 Å². The maximum atomic E-state index is 6.04. The van der Waals surface area contributed by atoms with Crippen LogP contribution in [0.25, 0.3) is 11.0 Å². The second kappa shape index (κ2) is 5.38. The molecule has 1 fully saturated rings. The standard InChI is InChI=1S/C17H23NO/c1-3-8-18-11-13-5-6-15(13)17-10-14-9-12(2)4-7-16(14)19-17/h4,7,9-10,13,15,18H,3,5-6,8,11H2,1-2H3. The first kappa shape index (κ1) is 12.7. The molecule has 19 heavy (non-hydrogen) atoms. The number of furan rings is 1. The van der Waals surface area contributed by atoms with Gasteiger partial charge in [-0.25, -0.2) is 0 Å². The number of fused-ring (bicyclic) bond motifs is 1. The SMILES string of the molecule is CCCNCC1CCC1c1cc2cc(C)ccc2o1. The number of nitrogens with one attached hydrogen (secondary N) is 1. The molecule has 1 aliphatic rings. The van der Waals surface area contributed by atoms with E-state index >= 15 is 0 Å². The highest BCUT2D eigenvalue weighted by Crippen LogP contribution is 2.43. The molecule has 2 aromatic rings. The Hall–Kier alpha value is -1.28. The van der Waals surface area contributed by atoms with Gasteiger partial charge >= 0.3 is 0 Å². The van der Waals surface area contributed by atoms with Crippen molar-refractivity contribution < 1.29 is 4.42 Å². The zero-order chi connectivity index (χ0) is 13.2. The van der Waals surface area contributed by atoms with Gasteiger partial charge in [0.2, 0.25) is 0 Å². The number of rotatable bonds is 5. The Morgan fingerprint density at radius 2 is 2.16 bits per heavy atom. The van der Waals surface area contributed by atoms with Crippen LogP contribution in [0.4, 0.5) is 0 Å². The minimum absolute atomic E-state index is 0.622. The summed E-state index contributed by atoms with van der Waals surface area (Å²) in [5, 5.41) is 4.79. The predicted molar refractivity (Wildman–Crippen MR) is 79.6 cm³/mol. The van der Waals surface area contributed by atoms with Gasteiger partial charge < -0.3 is 9.73 Å². The van der Waals surface area contributed by atoms with Crippen LogP contribution in [0.1, 0.15) is 43.4 Å². The molecule has 3 rings (SSSR count). The number of aryl methyl sites for hydroxylation is 1. The van der Waals surface area contributed by atoms with E-state index in [9.17, 15) is 0 Å². The van der Waals surface area contributed by atoms with E-state index in [1.165, 1.54) is 36.0 Å². The lowest BCUT2D eigenvalue weighted by Crippen LogP contribution is -2.33. The van der Waals surface area contributed by atoms with Crippen molar-refractivity contribution in [3.8, 4) is 0 Å². The first-order valence-electron chi connectivity index (χ1n) is 7.48. The van der Waals surface area contributed by atoms with Crippen LogP contribution in [0.5, 0.6) is 0 Å². The molecule has 0 saturated heterocycles. The molecule has 102 valence electrons. The molecule has 0 bridgehead atoms. The maximum absolute atomic E-state index is 6.04. The minimum Gasteiger partial charge on any atom is -0.461 e. The Morgan fingerprint density at radius 3 is 2.89 bits per heavy atom. The lowest BCUT2D eigenvalue weighted by Gasteiger charge is -2.35. The first-order chi connectivity index (χ1) is 9.28. The molecule has 0 radical (unpaired) electrons. The van der Waals surface area contributed by atoms with E-state index < -0.39 is 0 Å². The Balaban J connectivity index is 1.73. The molecule has 0 aliphatic heterocycles. The van der Waals surface area contributed by atoms with Crippen molar-refractivity contribution >= 4 is 11.0 Å². The first-order valence-corrected chi connectivity index (χ1v) is 7.48. The van der Waals surface area contributed by atoms with Gasteiger partial charge in [0.25, 0.3) is 0 Å². The van der Waals surface area contributed by atoms with Crippen LogP contribution in [0.2, 0.25) is 0 Å². The summed E-state index contributed by atoms with van der Waals surface area (Å²) in [5.41, 5.74) is 2.34. The monoisotopic (exact) mass is 257 g/mol. The van der Waals surface area contributed by atoms with Crippen molar-refractivity contribution in [3.05, 3.63) is 35.6 Å². The molecular formula is C17H23NO. The summed E-state index contributed by atoms with van der Waals surface area (Å²) in [6.45, 7) is 6.61. The third kappa shape index (κ3) is 2.55. The second-order valence-corrected chi connectivity index (χ2v) is 5.84. The van der Waals surface area contributed by atoms with Gasteiger partial charge in [-0.15, -0.1) is 0 Å². The molecule has 1 aromatic carbocycles. The lowest BCUT2D eigenvalue weighted by molar-refractivity contribution is 0.219. The number of hydrogen-bond donors (Lipinski definition) is 1. The molecule has 2 atom stereocenters. The van der Waals surface area contributed by atoms with Gasteiger partial charge in [-0.1, -0.05) is 18.6 Å². The molecule has 1 aliphatic carbocycles.